The third-order valence-electron chi connectivity index (χ3n) is 13.2. The van der Waals surface area contributed by atoms with Crippen molar-refractivity contribution in [1.29, 1.82) is 0 Å². The Morgan fingerprint density at radius 3 is 2.25 bits per heavy atom. The van der Waals surface area contributed by atoms with E-state index in [-0.39, 0.29) is 30.4 Å². The second-order valence-corrected chi connectivity index (χ2v) is 16.6. The summed E-state index contributed by atoms with van der Waals surface area (Å²) in [5.74, 6) is -5.84. The molecule has 4 amide bonds. The number of fused-ring (bicyclic) bond motifs is 6. The molecule has 3 fully saturated rings. The Morgan fingerprint density at radius 1 is 0.770 bits per heavy atom. The zero-order chi connectivity index (χ0) is 41.7. The van der Waals surface area contributed by atoms with Gasteiger partial charge in [-0.05, 0) is 114 Å². The Labute approximate surface area is 352 Å². The molecule has 1 saturated carbocycles. The summed E-state index contributed by atoms with van der Waals surface area (Å²) in [6, 6.07) is 37.4. The van der Waals surface area contributed by atoms with E-state index in [0.717, 1.165) is 10.6 Å². The van der Waals surface area contributed by atoms with Gasteiger partial charge in [-0.2, -0.15) is 5.01 Å². The molecular formula is C49H34ClFN4O6. The number of carbonyl (C=O) groups excluding carboxylic acids is 4. The van der Waals surface area contributed by atoms with Crippen molar-refractivity contribution < 1.29 is 33.1 Å². The van der Waals surface area contributed by atoms with Crippen LogP contribution in [0.4, 0.5) is 15.8 Å². The summed E-state index contributed by atoms with van der Waals surface area (Å²) in [4.78, 5) is 65.8. The number of aromatic nitrogens is 1. The molecule has 300 valence electrons. The summed E-state index contributed by atoms with van der Waals surface area (Å²) in [7, 11) is 0. The number of phenolic OH excluding ortho intramolecular Hbond substituents is 1. The highest BCUT2D eigenvalue weighted by Gasteiger charge is 2.70. The summed E-state index contributed by atoms with van der Waals surface area (Å²) in [5, 5.41) is 13.8. The van der Waals surface area contributed by atoms with E-state index >= 15 is 9.59 Å². The van der Waals surface area contributed by atoms with Gasteiger partial charge in [0, 0.05) is 21.9 Å². The molecule has 10 nitrogen and oxygen atoms in total. The second-order valence-electron chi connectivity index (χ2n) is 16.1. The lowest BCUT2D eigenvalue weighted by molar-refractivity contribution is -0.138. The largest absolute Gasteiger partial charge is 0.507 e. The number of carbonyl (C=O) groups is 4. The van der Waals surface area contributed by atoms with E-state index in [1.807, 2.05) is 48.5 Å². The van der Waals surface area contributed by atoms with Crippen molar-refractivity contribution >= 4 is 68.5 Å². The molecule has 7 aromatic rings. The first-order valence-electron chi connectivity index (χ1n) is 20.0. The maximum atomic E-state index is 15.6. The number of allylic oxidation sites excluding steroid dienone is 2. The van der Waals surface area contributed by atoms with Crippen LogP contribution in [0.3, 0.4) is 0 Å². The average molecular weight is 829 g/mol. The van der Waals surface area contributed by atoms with Gasteiger partial charge < -0.3 is 9.52 Å². The number of halogens is 2. The van der Waals surface area contributed by atoms with Crippen LogP contribution < -0.4 is 10.3 Å². The summed E-state index contributed by atoms with van der Waals surface area (Å²) in [6.07, 6.45) is 2.30. The topological polar surface area (TPSA) is 133 Å². The quantitative estimate of drug-likeness (QED) is 0.125. The number of rotatable bonds is 6. The minimum absolute atomic E-state index is 0.0456. The monoisotopic (exact) mass is 828 g/mol. The number of benzene rings is 6. The smallest absolute Gasteiger partial charge is 0.260 e. The Bertz CT molecular complexity index is 2990. The van der Waals surface area contributed by atoms with Gasteiger partial charge in [-0.15, -0.1) is 0 Å². The molecule has 1 aromatic heterocycles. The molecule has 61 heavy (non-hydrogen) atoms. The third kappa shape index (κ3) is 5.43. The molecule has 2 N–H and O–H groups in total. The number of nitrogens with zero attached hydrogens (tertiary/aromatic N) is 3. The van der Waals surface area contributed by atoms with E-state index in [0.29, 0.717) is 60.9 Å². The van der Waals surface area contributed by atoms with Crippen LogP contribution >= 0.6 is 11.6 Å². The lowest BCUT2D eigenvalue weighted by atomic mass is 9.49. The van der Waals surface area contributed by atoms with Gasteiger partial charge in [0.25, 0.3) is 11.8 Å². The van der Waals surface area contributed by atoms with Gasteiger partial charge in [0.05, 0.1) is 34.5 Å². The molecule has 12 heteroatoms. The van der Waals surface area contributed by atoms with E-state index in [9.17, 15) is 19.1 Å². The molecule has 6 unspecified atom stereocenters. The molecule has 6 atom stereocenters. The van der Waals surface area contributed by atoms with Crippen LogP contribution in [-0.2, 0) is 24.6 Å². The Morgan fingerprint density at radius 2 is 1.49 bits per heavy atom. The number of imide groups is 2. The molecule has 0 spiro atoms. The summed E-state index contributed by atoms with van der Waals surface area (Å²) >= 11 is 6.45. The maximum absolute atomic E-state index is 15.6. The normalized spacial score (nSPS) is 24.6. The number of hydrazine groups is 1. The first-order valence-corrected chi connectivity index (χ1v) is 20.4. The summed E-state index contributed by atoms with van der Waals surface area (Å²) < 4.78 is 20.0. The number of nitrogens with one attached hydrogen (secondary N) is 1. The van der Waals surface area contributed by atoms with E-state index in [2.05, 4.69) is 10.4 Å². The number of anilines is 2. The predicted octanol–water partition coefficient (Wildman–Crippen LogP) is 9.34. The van der Waals surface area contributed by atoms with Crippen LogP contribution in [-0.4, -0.2) is 38.7 Å². The highest BCUT2D eigenvalue weighted by molar-refractivity contribution is 6.30. The minimum atomic E-state index is -1.57. The van der Waals surface area contributed by atoms with Gasteiger partial charge in [-0.1, -0.05) is 77.8 Å². The maximum Gasteiger partial charge on any atom is 0.260 e. The van der Waals surface area contributed by atoms with Crippen molar-refractivity contribution in [3.8, 4) is 17.2 Å². The van der Waals surface area contributed by atoms with Crippen LogP contribution in [0.15, 0.2) is 150 Å². The number of oxazole rings is 1. The van der Waals surface area contributed by atoms with Crippen molar-refractivity contribution in [3.63, 3.8) is 0 Å². The number of amides is 4. The van der Waals surface area contributed by atoms with E-state index < -0.39 is 52.6 Å². The fourth-order valence-corrected chi connectivity index (χ4v) is 10.7. The van der Waals surface area contributed by atoms with E-state index in [4.69, 9.17) is 16.0 Å². The lowest BCUT2D eigenvalue weighted by Gasteiger charge is -2.51. The number of para-hydroxylation sites is 2. The number of aromatic hydroxyl groups is 1. The van der Waals surface area contributed by atoms with Gasteiger partial charge in [-0.3, -0.25) is 29.5 Å². The standard InChI is InChI=1S/C49H34ClFN4O6/c50-28-13-11-27(12-14-28)49-38(46(58)55(48(49)60)53-30-17-15-29(51)16-18-30)25-37-35(43(49)34-23-24-40(56)33-6-2-1-5-32(33)34)21-22-36-42(37)47(59)54(45(36)57)31-19-9-26(10-20-31)44-52-39-7-3-4-8-41(39)61-44/h1-21,23-24,36-38,42-43,53,56H,22,25H2. The third-order valence-corrected chi connectivity index (χ3v) is 13.4. The zero-order valence-electron chi connectivity index (χ0n) is 32.2. The molecule has 6 aromatic carbocycles. The summed E-state index contributed by atoms with van der Waals surface area (Å²) in [5.41, 5.74) is 6.16. The van der Waals surface area contributed by atoms with Gasteiger partial charge in [0.2, 0.25) is 17.7 Å². The van der Waals surface area contributed by atoms with Crippen LogP contribution in [0.2, 0.25) is 5.02 Å². The number of hydrogen-bond acceptors (Lipinski definition) is 8. The summed E-state index contributed by atoms with van der Waals surface area (Å²) in [6.45, 7) is 0. The zero-order valence-corrected chi connectivity index (χ0v) is 32.9. The van der Waals surface area contributed by atoms with Crippen LogP contribution in [0.1, 0.15) is 29.9 Å². The molecule has 0 bridgehead atoms. The minimum Gasteiger partial charge on any atom is -0.507 e. The van der Waals surface area contributed by atoms with Crippen molar-refractivity contribution in [2.24, 2.45) is 23.7 Å². The average Bonchev–Trinajstić information content (AvgIpc) is 3.89. The Kier molecular flexibility index (Phi) is 8.30. The van der Waals surface area contributed by atoms with Crippen LogP contribution in [0.5, 0.6) is 5.75 Å². The fourth-order valence-electron chi connectivity index (χ4n) is 10.6. The number of hydrogen-bond donors (Lipinski definition) is 2. The van der Waals surface area contributed by atoms with Crippen molar-refractivity contribution in [1.82, 2.24) is 9.99 Å². The van der Waals surface area contributed by atoms with E-state index in [1.165, 1.54) is 29.2 Å². The molecule has 4 aliphatic rings. The molecule has 11 rings (SSSR count). The second kappa shape index (κ2) is 13.7. The van der Waals surface area contributed by atoms with Crippen LogP contribution in [0.25, 0.3) is 33.3 Å². The molecule has 2 aliphatic heterocycles. The van der Waals surface area contributed by atoms with Crippen LogP contribution in [0, 0.1) is 29.5 Å². The number of phenols is 1. The molecular weight excluding hydrogens is 795 g/mol. The van der Waals surface area contributed by atoms with E-state index in [1.54, 1.807) is 66.7 Å². The van der Waals surface area contributed by atoms with Crippen molar-refractivity contribution in [2.45, 2.75) is 24.2 Å². The van der Waals surface area contributed by atoms with Crippen molar-refractivity contribution in [2.75, 3.05) is 10.3 Å². The lowest BCUT2D eigenvalue weighted by Crippen LogP contribution is -2.53. The first-order chi connectivity index (χ1) is 29.6. The fraction of sp³-hybridized carbons (Fsp3) is 0.163. The van der Waals surface area contributed by atoms with Gasteiger partial charge in [0.15, 0.2) is 5.58 Å². The SMILES string of the molecule is O=C1C2CC3C(=CCC4C(=O)N(c5ccc(-c6nc7ccccc7o6)cc5)C(=O)C43)C(c3ccc(O)c4ccccc34)C2(c2ccc(Cl)cc2)C(=O)N1Nc1ccc(F)cc1. The van der Waals surface area contributed by atoms with Gasteiger partial charge >= 0.3 is 0 Å². The molecule has 0 radical (unpaired) electrons. The predicted molar refractivity (Wildman–Crippen MR) is 227 cm³/mol. The molecule has 2 saturated heterocycles. The van der Waals surface area contributed by atoms with Gasteiger partial charge in [0.1, 0.15) is 17.1 Å². The Balaban J connectivity index is 1.05. The highest BCUT2D eigenvalue weighted by atomic mass is 35.5. The first kappa shape index (κ1) is 36.9. The Hall–Kier alpha value is -7.11. The van der Waals surface area contributed by atoms with Crippen molar-refractivity contribution in [3.05, 3.63) is 167 Å². The molecule has 2 aliphatic carbocycles. The highest BCUT2D eigenvalue weighted by Crippen LogP contribution is 2.65. The molecule has 3 heterocycles. The van der Waals surface area contributed by atoms with Gasteiger partial charge in [-0.25, -0.2) is 9.37 Å².